The largest absolute Gasteiger partial charge is 0.336 e. The number of carbonyl (C=O) groups excluding carboxylic acids is 2. The first-order chi connectivity index (χ1) is 6.85. The molecule has 0 bridgehead atoms. The Kier molecular flexibility index (Phi) is 3.37. The average Bonchev–Trinajstić information content (AvgIpc) is 2.08. The van der Waals surface area contributed by atoms with Crippen molar-refractivity contribution in [2.75, 3.05) is 6.54 Å². The number of urea groups is 1. The second-order valence-corrected chi connectivity index (χ2v) is 4.84. The molecule has 0 unspecified atom stereocenters. The molecular formula is C11H20N2O2. The molecule has 1 N–H and O–H groups in total. The summed E-state index contributed by atoms with van der Waals surface area (Å²) in [6.45, 7) is 8.12. The third-order valence-corrected chi connectivity index (χ3v) is 2.80. The first kappa shape index (κ1) is 12.0. The first-order valence-corrected chi connectivity index (χ1v) is 5.47. The normalized spacial score (nSPS) is 20.6. The van der Waals surface area contributed by atoms with E-state index in [0.717, 1.165) is 6.42 Å². The fourth-order valence-electron chi connectivity index (χ4n) is 1.81. The second-order valence-electron chi connectivity index (χ2n) is 4.84. The van der Waals surface area contributed by atoms with Crippen LogP contribution in [-0.4, -0.2) is 34.8 Å². The summed E-state index contributed by atoms with van der Waals surface area (Å²) in [6, 6.07) is -0.0339. The number of rotatable bonds is 1. The highest BCUT2D eigenvalue weighted by atomic mass is 16.2. The number of ketones is 1. The van der Waals surface area contributed by atoms with E-state index in [1.54, 1.807) is 4.90 Å². The molecule has 15 heavy (non-hydrogen) atoms. The van der Waals surface area contributed by atoms with Crippen molar-refractivity contribution < 1.29 is 9.59 Å². The van der Waals surface area contributed by atoms with Crippen LogP contribution in [0.3, 0.4) is 0 Å². The van der Waals surface area contributed by atoms with Gasteiger partial charge in [-0.3, -0.25) is 4.79 Å². The minimum absolute atomic E-state index is 0.102. The Morgan fingerprint density at radius 2 is 2.07 bits per heavy atom. The second kappa shape index (κ2) is 4.21. The number of nitrogens with zero attached hydrogens (tertiary/aromatic N) is 1. The summed E-state index contributed by atoms with van der Waals surface area (Å²) in [4.78, 5) is 25.2. The zero-order valence-corrected chi connectivity index (χ0v) is 9.96. The molecule has 0 saturated carbocycles. The molecule has 0 aromatic carbocycles. The van der Waals surface area contributed by atoms with Crippen LogP contribution in [0.2, 0.25) is 0 Å². The molecule has 0 atom stereocenters. The lowest BCUT2D eigenvalue weighted by Gasteiger charge is -2.41. The van der Waals surface area contributed by atoms with Gasteiger partial charge in [0.05, 0.1) is 5.54 Å². The van der Waals surface area contributed by atoms with Crippen LogP contribution in [0.25, 0.3) is 0 Å². The monoisotopic (exact) mass is 212 g/mol. The van der Waals surface area contributed by atoms with Gasteiger partial charge in [0.1, 0.15) is 0 Å². The predicted octanol–water partition coefficient (Wildman–Crippen LogP) is 1.55. The molecular weight excluding hydrogens is 192 g/mol. The lowest BCUT2D eigenvalue weighted by molar-refractivity contribution is -0.130. The van der Waals surface area contributed by atoms with Crippen molar-refractivity contribution in [3.8, 4) is 0 Å². The van der Waals surface area contributed by atoms with E-state index in [1.165, 1.54) is 0 Å². The first-order valence-electron chi connectivity index (χ1n) is 5.47. The van der Waals surface area contributed by atoms with Gasteiger partial charge in [0.25, 0.3) is 0 Å². The molecule has 86 valence electrons. The van der Waals surface area contributed by atoms with E-state index in [9.17, 15) is 9.59 Å². The Morgan fingerprint density at radius 1 is 1.47 bits per heavy atom. The summed E-state index contributed by atoms with van der Waals surface area (Å²) >= 11 is 0. The van der Waals surface area contributed by atoms with Gasteiger partial charge in [-0.1, -0.05) is 0 Å². The van der Waals surface area contributed by atoms with Crippen LogP contribution in [0.1, 0.15) is 40.5 Å². The molecule has 1 rings (SSSR count). The highest BCUT2D eigenvalue weighted by Gasteiger charge is 2.39. The molecule has 0 aromatic rings. The van der Waals surface area contributed by atoms with Crippen molar-refractivity contribution in [2.24, 2.45) is 0 Å². The Morgan fingerprint density at radius 3 is 2.60 bits per heavy atom. The fourth-order valence-corrected chi connectivity index (χ4v) is 1.81. The molecule has 1 fully saturated rings. The van der Waals surface area contributed by atoms with Gasteiger partial charge in [-0.15, -0.1) is 0 Å². The van der Waals surface area contributed by atoms with E-state index < -0.39 is 5.54 Å². The van der Waals surface area contributed by atoms with E-state index in [4.69, 9.17) is 0 Å². The number of Topliss-reactive ketones (excluding diaryl/α,β-unsaturated/α-hetero) is 1. The summed E-state index contributed by atoms with van der Waals surface area (Å²) in [6.07, 6.45) is 1.35. The van der Waals surface area contributed by atoms with Crippen LogP contribution in [-0.2, 0) is 4.79 Å². The van der Waals surface area contributed by atoms with Crippen molar-refractivity contribution in [1.82, 2.24) is 10.2 Å². The van der Waals surface area contributed by atoms with Crippen molar-refractivity contribution in [1.29, 1.82) is 0 Å². The number of likely N-dealkylation sites (tertiary alicyclic amines) is 1. The Labute approximate surface area is 91.0 Å². The summed E-state index contributed by atoms with van der Waals surface area (Å²) in [5, 5.41) is 2.82. The van der Waals surface area contributed by atoms with Crippen molar-refractivity contribution >= 4 is 11.8 Å². The predicted molar refractivity (Wildman–Crippen MR) is 58.7 cm³/mol. The molecule has 1 saturated heterocycles. The third-order valence-electron chi connectivity index (χ3n) is 2.80. The van der Waals surface area contributed by atoms with Gasteiger partial charge in [0, 0.05) is 19.0 Å². The number of amides is 2. The van der Waals surface area contributed by atoms with Crippen LogP contribution in [0, 0.1) is 0 Å². The van der Waals surface area contributed by atoms with Crippen LogP contribution in [0.4, 0.5) is 4.79 Å². The number of hydrogen-bond acceptors (Lipinski definition) is 2. The molecule has 0 aromatic heterocycles. The topological polar surface area (TPSA) is 49.4 Å². The van der Waals surface area contributed by atoms with Gasteiger partial charge in [0.15, 0.2) is 5.78 Å². The van der Waals surface area contributed by atoms with Gasteiger partial charge in [-0.2, -0.15) is 0 Å². The number of piperidine rings is 1. The zero-order valence-electron chi connectivity index (χ0n) is 9.96. The zero-order chi connectivity index (χ0) is 11.6. The van der Waals surface area contributed by atoms with E-state index in [-0.39, 0.29) is 17.9 Å². The molecule has 0 spiro atoms. The SMILES string of the molecule is CC(C)NC(=O)N1CCCC(=O)C1(C)C. The van der Waals surface area contributed by atoms with Gasteiger partial charge < -0.3 is 10.2 Å². The maximum Gasteiger partial charge on any atom is 0.318 e. The fraction of sp³-hybridized carbons (Fsp3) is 0.818. The standard InChI is InChI=1S/C11H20N2O2/c1-8(2)12-10(15)13-7-5-6-9(14)11(13,3)4/h8H,5-7H2,1-4H3,(H,12,15). The smallest absolute Gasteiger partial charge is 0.318 e. The number of hydrogen-bond donors (Lipinski definition) is 1. The lowest BCUT2D eigenvalue weighted by Crippen LogP contribution is -2.59. The maximum atomic E-state index is 11.8. The highest BCUT2D eigenvalue weighted by molar-refractivity contribution is 5.92. The summed E-state index contributed by atoms with van der Waals surface area (Å²) < 4.78 is 0. The minimum atomic E-state index is -0.656. The lowest BCUT2D eigenvalue weighted by atomic mass is 9.89. The van der Waals surface area contributed by atoms with E-state index in [1.807, 2.05) is 27.7 Å². The molecule has 2 amide bonds. The van der Waals surface area contributed by atoms with Crippen molar-refractivity contribution in [3.05, 3.63) is 0 Å². The molecule has 1 aliphatic rings. The van der Waals surface area contributed by atoms with Crippen molar-refractivity contribution in [2.45, 2.75) is 52.1 Å². The summed E-state index contributed by atoms with van der Waals surface area (Å²) in [5.41, 5.74) is -0.656. The van der Waals surface area contributed by atoms with Crippen LogP contribution < -0.4 is 5.32 Å². The molecule has 1 aliphatic heterocycles. The van der Waals surface area contributed by atoms with Crippen LogP contribution in [0.15, 0.2) is 0 Å². The Bertz CT molecular complexity index is 272. The third kappa shape index (κ3) is 2.49. The van der Waals surface area contributed by atoms with Gasteiger partial charge >= 0.3 is 6.03 Å². The van der Waals surface area contributed by atoms with Crippen LogP contribution in [0.5, 0.6) is 0 Å². The van der Waals surface area contributed by atoms with Crippen LogP contribution >= 0.6 is 0 Å². The molecule has 4 heteroatoms. The molecule has 1 heterocycles. The van der Waals surface area contributed by atoms with Gasteiger partial charge in [0.2, 0.25) is 0 Å². The molecule has 0 radical (unpaired) electrons. The maximum absolute atomic E-state index is 11.8. The Hall–Kier alpha value is -1.06. The van der Waals surface area contributed by atoms with E-state index in [0.29, 0.717) is 13.0 Å². The molecule has 4 nitrogen and oxygen atoms in total. The number of carbonyl (C=O) groups is 2. The van der Waals surface area contributed by atoms with Gasteiger partial charge in [-0.05, 0) is 34.1 Å². The highest BCUT2D eigenvalue weighted by Crippen LogP contribution is 2.24. The minimum Gasteiger partial charge on any atom is -0.336 e. The quantitative estimate of drug-likeness (QED) is 0.717. The van der Waals surface area contributed by atoms with Gasteiger partial charge in [-0.25, -0.2) is 4.79 Å². The van der Waals surface area contributed by atoms with E-state index in [2.05, 4.69) is 5.32 Å². The summed E-state index contributed by atoms with van der Waals surface area (Å²) in [5.74, 6) is 0.146. The van der Waals surface area contributed by atoms with Crippen molar-refractivity contribution in [3.63, 3.8) is 0 Å². The average molecular weight is 212 g/mol. The molecule has 0 aliphatic carbocycles. The Balaban J connectivity index is 2.75. The summed E-state index contributed by atoms with van der Waals surface area (Å²) in [7, 11) is 0. The number of nitrogens with one attached hydrogen (secondary N) is 1. The van der Waals surface area contributed by atoms with E-state index >= 15 is 0 Å².